The average molecular weight is 476 g/mol. The first-order chi connectivity index (χ1) is 15.4. The molecule has 1 N–H and O–H groups in total. The summed E-state index contributed by atoms with van der Waals surface area (Å²) in [6.45, 7) is 10.8. The van der Waals surface area contributed by atoms with E-state index in [1.807, 2.05) is 33.8 Å². The molecule has 0 bridgehead atoms. The second kappa shape index (κ2) is 9.64. The average Bonchev–Trinajstić information content (AvgIpc) is 3.22. The summed E-state index contributed by atoms with van der Waals surface area (Å²) in [7, 11) is -3.61. The Hall–Kier alpha value is -2.72. The summed E-state index contributed by atoms with van der Waals surface area (Å²) in [6.07, 6.45) is 3.47. The molecular formula is C23H33N5O4S. The molecule has 10 heteroatoms. The number of piperazine rings is 1. The van der Waals surface area contributed by atoms with Crippen LogP contribution in [0.1, 0.15) is 44.7 Å². The normalized spacial score (nSPS) is 15.5. The molecule has 0 atom stereocenters. The fourth-order valence-corrected chi connectivity index (χ4v) is 5.39. The van der Waals surface area contributed by atoms with Crippen LogP contribution in [0.3, 0.4) is 0 Å². The van der Waals surface area contributed by atoms with E-state index in [4.69, 9.17) is 0 Å². The molecule has 0 radical (unpaired) electrons. The van der Waals surface area contributed by atoms with Crippen LogP contribution in [-0.4, -0.2) is 65.4 Å². The van der Waals surface area contributed by atoms with Crippen LogP contribution in [0.25, 0.3) is 0 Å². The molecule has 180 valence electrons. The highest BCUT2D eigenvalue weighted by Crippen LogP contribution is 2.23. The van der Waals surface area contributed by atoms with Crippen molar-refractivity contribution in [1.82, 2.24) is 19.0 Å². The number of hydrogen-bond acceptors (Lipinski definition) is 5. The smallest absolute Gasteiger partial charge is 0.243 e. The van der Waals surface area contributed by atoms with Crippen molar-refractivity contribution < 1.29 is 18.0 Å². The monoisotopic (exact) mass is 475 g/mol. The zero-order valence-electron chi connectivity index (χ0n) is 20.0. The van der Waals surface area contributed by atoms with Gasteiger partial charge >= 0.3 is 0 Å². The number of amides is 2. The van der Waals surface area contributed by atoms with E-state index in [1.54, 1.807) is 41.0 Å². The van der Waals surface area contributed by atoms with Crippen LogP contribution in [-0.2, 0) is 25.2 Å². The van der Waals surface area contributed by atoms with Gasteiger partial charge in [0.2, 0.25) is 21.8 Å². The van der Waals surface area contributed by atoms with Crippen molar-refractivity contribution in [2.24, 2.45) is 0 Å². The fourth-order valence-electron chi connectivity index (χ4n) is 3.66. The van der Waals surface area contributed by atoms with Gasteiger partial charge in [0.25, 0.3) is 0 Å². The Bertz CT molecular complexity index is 1130. The molecule has 3 rings (SSSR count). The zero-order valence-corrected chi connectivity index (χ0v) is 20.8. The molecule has 2 heterocycles. The minimum Gasteiger partial charge on any atom is -0.340 e. The lowest BCUT2D eigenvalue weighted by molar-refractivity contribution is -0.133. The molecule has 0 spiro atoms. The first kappa shape index (κ1) is 24.9. The molecule has 0 saturated carbocycles. The highest BCUT2D eigenvalue weighted by atomic mass is 32.2. The van der Waals surface area contributed by atoms with Crippen LogP contribution in [0.2, 0.25) is 0 Å². The number of rotatable bonds is 6. The Morgan fingerprint density at radius 2 is 1.73 bits per heavy atom. The number of hydrogen-bond donors (Lipinski definition) is 1. The van der Waals surface area contributed by atoms with E-state index < -0.39 is 10.0 Å². The van der Waals surface area contributed by atoms with E-state index in [2.05, 4.69) is 10.4 Å². The number of aryl methyl sites for hydroxylation is 2. The molecule has 9 nitrogen and oxygen atoms in total. The van der Waals surface area contributed by atoms with Crippen molar-refractivity contribution in [1.29, 1.82) is 0 Å². The fraction of sp³-hybridized carbons (Fsp3) is 0.522. The van der Waals surface area contributed by atoms with Gasteiger partial charge in [-0.15, -0.1) is 0 Å². The summed E-state index contributed by atoms with van der Waals surface area (Å²) in [5.41, 5.74) is 2.00. The first-order valence-corrected chi connectivity index (χ1v) is 12.5. The Kier molecular flexibility index (Phi) is 7.28. The quantitative estimate of drug-likeness (QED) is 0.691. The minimum atomic E-state index is -3.61. The van der Waals surface area contributed by atoms with Gasteiger partial charge in [0.15, 0.2) is 0 Å². The van der Waals surface area contributed by atoms with Gasteiger partial charge in [0, 0.05) is 45.2 Å². The Balaban J connectivity index is 1.50. The number of sulfonamides is 1. The standard InChI is InChI=1S/C23H33N5O4S/c1-17-6-7-18(2)20(14-17)33(31,32)27-12-10-26(11-13-27)22(30)9-8-21(29)25-19-15-24-28(16-19)23(3,4)5/h6-7,14-16H,8-13H2,1-5H3,(H,25,29). The third-order valence-corrected chi connectivity index (χ3v) is 7.71. The minimum absolute atomic E-state index is 0.0561. The van der Waals surface area contributed by atoms with Crippen molar-refractivity contribution in [2.45, 2.75) is 57.9 Å². The summed E-state index contributed by atoms with van der Waals surface area (Å²) < 4.78 is 29.3. The molecular weight excluding hydrogens is 442 g/mol. The molecule has 1 aromatic heterocycles. The number of nitrogens with one attached hydrogen (secondary N) is 1. The lowest BCUT2D eigenvalue weighted by atomic mass is 10.1. The molecule has 1 saturated heterocycles. The van der Waals surface area contributed by atoms with Crippen LogP contribution in [0, 0.1) is 13.8 Å². The van der Waals surface area contributed by atoms with Crippen LogP contribution < -0.4 is 5.32 Å². The van der Waals surface area contributed by atoms with Crippen molar-refractivity contribution in [2.75, 3.05) is 31.5 Å². The molecule has 0 aliphatic carbocycles. The van der Waals surface area contributed by atoms with Gasteiger partial charge in [-0.3, -0.25) is 14.3 Å². The Morgan fingerprint density at radius 3 is 2.33 bits per heavy atom. The molecule has 2 aromatic rings. The zero-order chi connectivity index (χ0) is 24.4. The second-order valence-corrected chi connectivity index (χ2v) is 11.4. The summed E-state index contributed by atoms with van der Waals surface area (Å²) in [6, 6.07) is 5.38. The number of nitrogens with zero attached hydrogens (tertiary/aromatic N) is 4. The topological polar surface area (TPSA) is 105 Å². The maximum Gasteiger partial charge on any atom is 0.243 e. The SMILES string of the molecule is Cc1ccc(C)c(S(=O)(=O)N2CCN(C(=O)CCC(=O)Nc3cnn(C(C)(C)C)c3)CC2)c1. The van der Waals surface area contributed by atoms with Crippen molar-refractivity contribution in [3.63, 3.8) is 0 Å². The number of anilines is 1. The third-order valence-electron chi connectivity index (χ3n) is 5.67. The van der Waals surface area contributed by atoms with Crippen LogP contribution >= 0.6 is 0 Å². The Morgan fingerprint density at radius 1 is 1.06 bits per heavy atom. The largest absolute Gasteiger partial charge is 0.340 e. The third kappa shape index (κ3) is 6.00. The molecule has 33 heavy (non-hydrogen) atoms. The van der Waals surface area contributed by atoms with Gasteiger partial charge in [-0.1, -0.05) is 12.1 Å². The number of carbonyl (C=O) groups is 2. The lowest BCUT2D eigenvalue weighted by Crippen LogP contribution is -2.50. The van der Waals surface area contributed by atoms with E-state index in [0.29, 0.717) is 29.2 Å². The molecule has 2 amide bonds. The lowest BCUT2D eigenvalue weighted by Gasteiger charge is -2.34. The van der Waals surface area contributed by atoms with Gasteiger partial charge in [-0.2, -0.15) is 9.40 Å². The van der Waals surface area contributed by atoms with Crippen molar-refractivity contribution >= 4 is 27.5 Å². The predicted octanol–water partition coefficient (Wildman–Crippen LogP) is 2.51. The van der Waals surface area contributed by atoms with Gasteiger partial charge in [0.1, 0.15) is 0 Å². The first-order valence-electron chi connectivity index (χ1n) is 11.1. The number of benzene rings is 1. The van der Waals surface area contributed by atoms with Crippen LogP contribution in [0.5, 0.6) is 0 Å². The maximum atomic E-state index is 13.1. The van der Waals surface area contributed by atoms with E-state index in [9.17, 15) is 18.0 Å². The molecule has 1 aliphatic rings. The maximum absolute atomic E-state index is 13.1. The number of carbonyl (C=O) groups excluding carboxylic acids is 2. The van der Waals surface area contributed by atoms with Gasteiger partial charge in [0.05, 0.1) is 22.3 Å². The summed E-state index contributed by atoms with van der Waals surface area (Å²) >= 11 is 0. The van der Waals surface area contributed by atoms with Gasteiger partial charge in [-0.25, -0.2) is 8.42 Å². The molecule has 1 aliphatic heterocycles. The molecule has 0 unspecified atom stereocenters. The highest BCUT2D eigenvalue weighted by Gasteiger charge is 2.31. The molecule has 1 aromatic carbocycles. The second-order valence-electron chi connectivity index (χ2n) is 9.45. The highest BCUT2D eigenvalue weighted by molar-refractivity contribution is 7.89. The van der Waals surface area contributed by atoms with Crippen molar-refractivity contribution in [3.8, 4) is 0 Å². The van der Waals surface area contributed by atoms with E-state index >= 15 is 0 Å². The number of aromatic nitrogens is 2. The predicted molar refractivity (Wildman–Crippen MR) is 126 cm³/mol. The summed E-state index contributed by atoms with van der Waals surface area (Å²) in [5.74, 6) is -0.410. The van der Waals surface area contributed by atoms with Gasteiger partial charge in [-0.05, 0) is 51.8 Å². The summed E-state index contributed by atoms with van der Waals surface area (Å²) in [5, 5.41) is 7.01. The van der Waals surface area contributed by atoms with E-state index in [0.717, 1.165) is 5.56 Å². The van der Waals surface area contributed by atoms with E-state index in [-0.39, 0.29) is 43.3 Å². The summed E-state index contributed by atoms with van der Waals surface area (Å²) in [4.78, 5) is 26.8. The van der Waals surface area contributed by atoms with Gasteiger partial charge < -0.3 is 10.2 Å². The Labute approximate surface area is 195 Å². The van der Waals surface area contributed by atoms with Crippen molar-refractivity contribution in [3.05, 3.63) is 41.7 Å². The van der Waals surface area contributed by atoms with E-state index in [1.165, 1.54) is 4.31 Å². The molecule has 1 fully saturated rings. The van der Waals surface area contributed by atoms with Crippen LogP contribution in [0.15, 0.2) is 35.5 Å². The van der Waals surface area contributed by atoms with Crippen LogP contribution in [0.4, 0.5) is 5.69 Å².